The summed E-state index contributed by atoms with van der Waals surface area (Å²) in [5, 5.41) is 0. The van der Waals surface area contributed by atoms with Gasteiger partial charge in [-0.3, -0.25) is 0 Å². The van der Waals surface area contributed by atoms with Crippen molar-refractivity contribution < 1.29 is 0 Å². The maximum Gasteiger partial charge on any atom is 0.0215 e. The van der Waals surface area contributed by atoms with Crippen LogP contribution < -0.4 is 0 Å². The summed E-state index contributed by atoms with van der Waals surface area (Å²) in [5.74, 6) is 0. The number of benzene rings is 1. The predicted octanol–water partition coefficient (Wildman–Crippen LogP) is 7.18. The van der Waals surface area contributed by atoms with Gasteiger partial charge in [-0.25, -0.2) is 0 Å². The first-order valence-corrected chi connectivity index (χ1v) is 9.10. The third-order valence-corrected chi connectivity index (χ3v) is 5.15. The highest BCUT2D eigenvalue weighted by Gasteiger charge is 2.28. The van der Waals surface area contributed by atoms with Crippen LogP contribution in [0.3, 0.4) is 0 Å². The lowest BCUT2D eigenvalue weighted by Crippen LogP contribution is -2.24. The molecule has 0 heterocycles. The van der Waals surface area contributed by atoms with Gasteiger partial charge < -0.3 is 0 Å². The highest BCUT2D eigenvalue weighted by Crippen LogP contribution is 2.40. The number of aryl methyl sites for hydroxylation is 1. The first-order valence-electron chi connectivity index (χ1n) is 8.30. The van der Waals surface area contributed by atoms with Crippen LogP contribution >= 0.6 is 15.9 Å². The third-order valence-electron chi connectivity index (χ3n) is 4.49. The van der Waals surface area contributed by atoms with Gasteiger partial charge in [0.15, 0.2) is 0 Å². The third kappa shape index (κ3) is 4.91. The second kappa shape index (κ2) is 8.87. The molecule has 0 N–H and O–H groups in total. The van der Waals surface area contributed by atoms with Crippen LogP contribution in [-0.2, 0) is 5.41 Å². The normalized spacial score (nSPS) is 14.2. The standard InChI is InChI=1S/C19H31Br/c1-5-7-9-10-15-19(4,14-8-6-2)18-16(3)12-11-13-17(18)20/h11-13H,5-10,14-15H2,1-4H3. The first-order chi connectivity index (χ1) is 9.55. The molecule has 0 saturated carbocycles. The second-order valence-corrected chi connectivity index (χ2v) is 7.26. The van der Waals surface area contributed by atoms with Crippen molar-refractivity contribution in [3.8, 4) is 0 Å². The molecule has 1 rings (SSSR count). The monoisotopic (exact) mass is 338 g/mol. The fourth-order valence-corrected chi connectivity index (χ4v) is 4.22. The summed E-state index contributed by atoms with van der Waals surface area (Å²) in [6.45, 7) is 9.32. The molecule has 1 atom stereocenters. The van der Waals surface area contributed by atoms with E-state index in [1.165, 1.54) is 61.4 Å². The quantitative estimate of drug-likeness (QED) is 0.418. The van der Waals surface area contributed by atoms with E-state index in [9.17, 15) is 0 Å². The van der Waals surface area contributed by atoms with E-state index in [0.29, 0.717) is 5.41 Å². The molecule has 20 heavy (non-hydrogen) atoms. The summed E-state index contributed by atoms with van der Waals surface area (Å²) < 4.78 is 1.30. The Labute approximate surface area is 134 Å². The smallest absolute Gasteiger partial charge is 0.0215 e. The van der Waals surface area contributed by atoms with Crippen LogP contribution in [0, 0.1) is 6.92 Å². The molecule has 1 heteroatoms. The second-order valence-electron chi connectivity index (χ2n) is 6.41. The van der Waals surface area contributed by atoms with E-state index in [0.717, 1.165) is 0 Å². The van der Waals surface area contributed by atoms with Gasteiger partial charge >= 0.3 is 0 Å². The van der Waals surface area contributed by atoms with Gasteiger partial charge in [0.2, 0.25) is 0 Å². The summed E-state index contributed by atoms with van der Waals surface area (Å²) in [4.78, 5) is 0. The van der Waals surface area contributed by atoms with Crippen molar-refractivity contribution in [1.29, 1.82) is 0 Å². The molecule has 0 aliphatic carbocycles. The van der Waals surface area contributed by atoms with E-state index < -0.39 is 0 Å². The summed E-state index contributed by atoms with van der Waals surface area (Å²) >= 11 is 3.80. The minimum absolute atomic E-state index is 0.327. The molecule has 0 saturated heterocycles. The van der Waals surface area contributed by atoms with Gasteiger partial charge in [0.1, 0.15) is 0 Å². The summed E-state index contributed by atoms with van der Waals surface area (Å²) in [6, 6.07) is 6.62. The molecule has 0 aromatic heterocycles. The van der Waals surface area contributed by atoms with Crippen LogP contribution in [0.1, 0.15) is 83.3 Å². The van der Waals surface area contributed by atoms with Crippen molar-refractivity contribution in [2.45, 2.75) is 84.5 Å². The Kier molecular flexibility index (Phi) is 7.87. The Balaban J connectivity index is 2.91. The van der Waals surface area contributed by atoms with Gasteiger partial charge in [0.05, 0.1) is 0 Å². The molecular formula is C19H31Br. The summed E-state index contributed by atoms with van der Waals surface area (Å²) in [7, 11) is 0. The highest BCUT2D eigenvalue weighted by molar-refractivity contribution is 9.10. The van der Waals surface area contributed by atoms with Gasteiger partial charge in [0, 0.05) is 4.47 Å². The zero-order valence-electron chi connectivity index (χ0n) is 13.8. The summed E-state index contributed by atoms with van der Waals surface area (Å²) in [6.07, 6.45) is 10.7. The predicted molar refractivity (Wildman–Crippen MR) is 94.5 cm³/mol. The number of hydrogen-bond acceptors (Lipinski definition) is 0. The molecular weight excluding hydrogens is 308 g/mol. The largest absolute Gasteiger partial charge is 0.0654 e. The number of unbranched alkanes of at least 4 members (excludes halogenated alkanes) is 4. The lowest BCUT2D eigenvalue weighted by Gasteiger charge is -2.33. The molecule has 114 valence electrons. The Hall–Kier alpha value is -0.300. The van der Waals surface area contributed by atoms with Gasteiger partial charge in [-0.15, -0.1) is 0 Å². The molecule has 1 unspecified atom stereocenters. The van der Waals surface area contributed by atoms with Crippen LogP contribution in [0.5, 0.6) is 0 Å². The molecule has 0 radical (unpaired) electrons. The maximum absolute atomic E-state index is 3.80. The van der Waals surface area contributed by atoms with Gasteiger partial charge in [-0.2, -0.15) is 0 Å². The molecule has 0 nitrogen and oxygen atoms in total. The maximum atomic E-state index is 3.80. The fourth-order valence-electron chi connectivity index (χ4n) is 3.28. The van der Waals surface area contributed by atoms with Crippen LogP contribution in [0.2, 0.25) is 0 Å². The van der Waals surface area contributed by atoms with E-state index in [1.807, 2.05) is 0 Å². The van der Waals surface area contributed by atoms with E-state index in [1.54, 1.807) is 5.56 Å². The molecule has 0 aliphatic heterocycles. The van der Waals surface area contributed by atoms with Gasteiger partial charge in [-0.05, 0) is 42.4 Å². The number of hydrogen-bond donors (Lipinski definition) is 0. The van der Waals surface area contributed by atoms with Gasteiger partial charge in [-0.1, -0.05) is 87.4 Å². The van der Waals surface area contributed by atoms with Crippen LogP contribution in [0.25, 0.3) is 0 Å². The lowest BCUT2D eigenvalue weighted by atomic mass is 9.73. The van der Waals surface area contributed by atoms with E-state index >= 15 is 0 Å². The van der Waals surface area contributed by atoms with Crippen molar-refractivity contribution in [3.05, 3.63) is 33.8 Å². The number of halogens is 1. The molecule has 1 aromatic rings. The van der Waals surface area contributed by atoms with E-state index in [2.05, 4.69) is 61.8 Å². The minimum Gasteiger partial charge on any atom is -0.0654 e. The van der Waals surface area contributed by atoms with E-state index in [-0.39, 0.29) is 0 Å². The average molecular weight is 339 g/mol. The van der Waals surface area contributed by atoms with Gasteiger partial charge in [0.25, 0.3) is 0 Å². The summed E-state index contributed by atoms with van der Waals surface area (Å²) in [5.41, 5.74) is 3.31. The van der Waals surface area contributed by atoms with Crippen LogP contribution in [0.15, 0.2) is 22.7 Å². The molecule has 0 fully saturated rings. The molecule has 0 spiro atoms. The molecule has 0 bridgehead atoms. The fraction of sp³-hybridized carbons (Fsp3) is 0.684. The first kappa shape index (κ1) is 17.8. The molecule has 0 aliphatic rings. The average Bonchev–Trinajstić information content (AvgIpc) is 2.41. The Morgan fingerprint density at radius 1 is 0.950 bits per heavy atom. The van der Waals surface area contributed by atoms with Crippen molar-refractivity contribution in [3.63, 3.8) is 0 Å². The van der Waals surface area contributed by atoms with Crippen LogP contribution in [0.4, 0.5) is 0 Å². The molecule has 1 aromatic carbocycles. The van der Waals surface area contributed by atoms with Crippen LogP contribution in [-0.4, -0.2) is 0 Å². The van der Waals surface area contributed by atoms with Crippen molar-refractivity contribution in [2.24, 2.45) is 0 Å². The Morgan fingerprint density at radius 2 is 1.60 bits per heavy atom. The van der Waals surface area contributed by atoms with Crippen molar-refractivity contribution in [2.75, 3.05) is 0 Å². The Morgan fingerprint density at radius 3 is 2.20 bits per heavy atom. The molecule has 0 amide bonds. The zero-order valence-corrected chi connectivity index (χ0v) is 15.4. The highest BCUT2D eigenvalue weighted by atomic mass is 79.9. The van der Waals surface area contributed by atoms with Crippen molar-refractivity contribution in [1.82, 2.24) is 0 Å². The lowest BCUT2D eigenvalue weighted by molar-refractivity contribution is 0.366. The SMILES string of the molecule is CCCCCCC(C)(CCCC)c1c(C)cccc1Br. The topological polar surface area (TPSA) is 0 Å². The Bertz CT molecular complexity index is 377. The van der Waals surface area contributed by atoms with E-state index in [4.69, 9.17) is 0 Å². The zero-order chi connectivity index (χ0) is 15.0. The minimum atomic E-state index is 0.327. The van der Waals surface area contributed by atoms with Crippen molar-refractivity contribution >= 4 is 15.9 Å². The number of rotatable bonds is 9.